The summed E-state index contributed by atoms with van der Waals surface area (Å²) < 4.78 is 0. The average molecular weight is 212 g/mol. The number of benzene rings is 1. The highest BCUT2D eigenvalue weighted by molar-refractivity contribution is 5.23. The largest absolute Gasteiger partial charge is 0.0882 e. The van der Waals surface area contributed by atoms with Crippen molar-refractivity contribution in [1.82, 2.24) is 0 Å². The van der Waals surface area contributed by atoms with Crippen molar-refractivity contribution in [3.8, 4) is 0 Å². The Balaban J connectivity index is 1.89. The van der Waals surface area contributed by atoms with Crippen molar-refractivity contribution >= 4 is 0 Å². The van der Waals surface area contributed by atoms with Crippen molar-refractivity contribution in [3.63, 3.8) is 0 Å². The molecule has 0 amide bonds. The van der Waals surface area contributed by atoms with Crippen molar-refractivity contribution in [2.45, 2.75) is 38.0 Å². The monoisotopic (exact) mass is 212 g/mol. The van der Waals surface area contributed by atoms with Crippen LogP contribution in [0.25, 0.3) is 0 Å². The molecule has 1 aromatic rings. The van der Waals surface area contributed by atoms with E-state index in [-0.39, 0.29) is 0 Å². The Labute approximate surface area is 98.4 Å². The molecule has 0 spiro atoms. The van der Waals surface area contributed by atoms with Crippen molar-refractivity contribution in [3.05, 3.63) is 48.0 Å². The highest BCUT2D eigenvalue weighted by Crippen LogP contribution is 2.45. The van der Waals surface area contributed by atoms with Gasteiger partial charge in [0.05, 0.1) is 0 Å². The smallest absolute Gasteiger partial charge is 0.00963 e. The van der Waals surface area contributed by atoms with E-state index < -0.39 is 0 Å². The Morgan fingerprint density at radius 3 is 2.69 bits per heavy atom. The normalized spacial score (nSPS) is 33.4. The molecule has 0 heteroatoms. The summed E-state index contributed by atoms with van der Waals surface area (Å²) in [5.74, 6) is 2.57. The van der Waals surface area contributed by atoms with Gasteiger partial charge >= 0.3 is 0 Å². The zero-order valence-electron chi connectivity index (χ0n) is 9.81. The fourth-order valence-electron chi connectivity index (χ4n) is 3.59. The first-order valence-electron chi connectivity index (χ1n) is 6.67. The van der Waals surface area contributed by atoms with Crippen LogP contribution in [-0.2, 0) is 0 Å². The van der Waals surface area contributed by atoms with E-state index in [9.17, 15) is 0 Å². The molecule has 1 saturated carbocycles. The molecular formula is C16H20. The van der Waals surface area contributed by atoms with Gasteiger partial charge in [0.25, 0.3) is 0 Å². The first kappa shape index (κ1) is 10.1. The Bertz CT molecular complexity index is 363. The molecule has 0 N–H and O–H groups in total. The summed E-state index contributed by atoms with van der Waals surface area (Å²) in [5, 5.41) is 0. The molecular weight excluding hydrogens is 192 g/mol. The first-order chi connectivity index (χ1) is 7.95. The molecule has 0 aliphatic heterocycles. The molecule has 2 aliphatic carbocycles. The summed E-state index contributed by atoms with van der Waals surface area (Å²) in [6.45, 7) is 0. The van der Waals surface area contributed by atoms with Gasteiger partial charge in [-0.15, -0.1) is 0 Å². The van der Waals surface area contributed by atoms with Crippen LogP contribution in [0.15, 0.2) is 42.5 Å². The molecule has 0 heterocycles. The minimum atomic E-state index is 0.788. The molecule has 3 atom stereocenters. The van der Waals surface area contributed by atoms with E-state index >= 15 is 0 Å². The first-order valence-corrected chi connectivity index (χ1v) is 6.67. The third-order valence-corrected chi connectivity index (χ3v) is 4.39. The van der Waals surface area contributed by atoms with Crippen LogP contribution in [0.1, 0.15) is 43.6 Å². The average Bonchev–Trinajstić information content (AvgIpc) is 2.39. The third-order valence-electron chi connectivity index (χ3n) is 4.39. The minimum absolute atomic E-state index is 0.788. The molecule has 0 saturated heterocycles. The van der Waals surface area contributed by atoms with Gasteiger partial charge in [0.15, 0.2) is 0 Å². The summed E-state index contributed by atoms with van der Waals surface area (Å²) in [6.07, 6.45) is 11.9. The SMILES string of the molecule is C1=CC2C(CC1)CCCC2c1ccccc1. The highest BCUT2D eigenvalue weighted by Gasteiger charge is 2.33. The number of allylic oxidation sites excluding steroid dienone is 2. The fourth-order valence-corrected chi connectivity index (χ4v) is 3.59. The van der Waals surface area contributed by atoms with Crippen molar-refractivity contribution in [1.29, 1.82) is 0 Å². The van der Waals surface area contributed by atoms with Crippen LogP contribution in [-0.4, -0.2) is 0 Å². The summed E-state index contributed by atoms with van der Waals surface area (Å²) in [4.78, 5) is 0. The lowest BCUT2D eigenvalue weighted by Gasteiger charge is -2.39. The lowest BCUT2D eigenvalue weighted by Crippen LogP contribution is -2.27. The van der Waals surface area contributed by atoms with Gasteiger partial charge in [-0.3, -0.25) is 0 Å². The van der Waals surface area contributed by atoms with Gasteiger partial charge in [-0.25, -0.2) is 0 Å². The molecule has 0 radical (unpaired) electrons. The second-order valence-corrected chi connectivity index (χ2v) is 5.29. The Kier molecular flexibility index (Phi) is 2.82. The standard InChI is InChI=1S/C16H20/c1-2-7-13(8-3-1)16-12-6-10-14-9-4-5-11-15(14)16/h1-3,5,7-8,11,14-16H,4,6,9-10,12H2. The van der Waals surface area contributed by atoms with Gasteiger partial charge in [0, 0.05) is 0 Å². The number of fused-ring (bicyclic) bond motifs is 1. The second kappa shape index (κ2) is 4.45. The minimum Gasteiger partial charge on any atom is -0.0882 e. The van der Waals surface area contributed by atoms with Crippen molar-refractivity contribution in [2.24, 2.45) is 11.8 Å². The molecule has 84 valence electrons. The van der Waals surface area contributed by atoms with Crippen molar-refractivity contribution in [2.75, 3.05) is 0 Å². The van der Waals surface area contributed by atoms with E-state index in [2.05, 4.69) is 42.5 Å². The van der Waals surface area contributed by atoms with E-state index in [0.29, 0.717) is 0 Å². The summed E-state index contributed by atoms with van der Waals surface area (Å²) in [5.41, 5.74) is 1.56. The van der Waals surface area contributed by atoms with Crippen LogP contribution in [0, 0.1) is 11.8 Å². The second-order valence-electron chi connectivity index (χ2n) is 5.29. The number of hydrogen-bond donors (Lipinski definition) is 0. The summed E-state index contributed by atoms with van der Waals surface area (Å²) in [6, 6.07) is 11.1. The van der Waals surface area contributed by atoms with Gasteiger partial charge in [-0.1, -0.05) is 48.9 Å². The quantitative estimate of drug-likeness (QED) is 0.600. The van der Waals surface area contributed by atoms with Crippen LogP contribution in [0.4, 0.5) is 0 Å². The predicted octanol–water partition coefficient (Wildman–Crippen LogP) is 4.54. The van der Waals surface area contributed by atoms with Crippen LogP contribution < -0.4 is 0 Å². The van der Waals surface area contributed by atoms with E-state index in [1.807, 2.05) is 0 Å². The zero-order chi connectivity index (χ0) is 10.8. The molecule has 1 aromatic carbocycles. The Morgan fingerprint density at radius 1 is 0.938 bits per heavy atom. The maximum Gasteiger partial charge on any atom is -0.00963 e. The molecule has 16 heavy (non-hydrogen) atoms. The number of rotatable bonds is 1. The predicted molar refractivity (Wildman–Crippen MR) is 68.4 cm³/mol. The molecule has 2 aliphatic rings. The highest BCUT2D eigenvalue weighted by atomic mass is 14.4. The van der Waals surface area contributed by atoms with Crippen LogP contribution in [0.3, 0.4) is 0 Å². The number of hydrogen-bond acceptors (Lipinski definition) is 0. The third kappa shape index (κ3) is 1.81. The van der Waals surface area contributed by atoms with Gasteiger partial charge in [-0.05, 0) is 49.0 Å². The lowest BCUT2D eigenvalue weighted by molar-refractivity contribution is 0.226. The molecule has 1 fully saturated rings. The lowest BCUT2D eigenvalue weighted by atomic mass is 9.66. The Morgan fingerprint density at radius 2 is 1.81 bits per heavy atom. The van der Waals surface area contributed by atoms with E-state index in [1.54, 1.807) is 5.56 Å². The molecule has 0 nitrogen and oxygen atoms in total. The maximum atomic E-state index is 2.50. The van der Waals surface area contributed by atoms with Gasteiger partial charge in [0.1, 0.15) is 0 Å². The zero-order valence-corrected chi connectivity index (χ0v) is 9.81. The van der Waals surface area contributed by atoms with Crippen LogP contribution in [0.2, 0.25) is 0 Å². The summed E-state index contributed by atoms with van der Waals surface area (Å²) >= 11 is 0. The van der Waals surface area contributed by atoms with E-state index in [0.717, 1.165) is 17.8 Å². The van der Waals surface area contributed by atoms with Crippen LogP contribution >= 0.6 is 0 Å². The summed E-state index contributed by atoms with van der Waals surface area (Å²) in [7, 11) is 0. The van der Waals surface area contributed by atoms with Gasteiger partial charge in [-0.2, -0.15) is 0 Å². The maximum absolute atomic E-state index is 2.50. The Hall–Kier alpha value is -1.04. The molecule has 0 aromatic heterocycles. The molecule has 0 bridgehead atoms. The van der Waals surface area contributed by atoms with Gasteiger partial charge in [0.2, 0.25) is 0 Å². The topological polar surface area (TPSA) is 0 Å². The van der Waals surface area contributed by atoms with Crippen molar-refractivity contribution < 1.29 is 0 Å². The molecule has 3 rings (SSSR count). The fraction of sp³-hybridized carbons (Fsp3) is 0.500. The molecule has 3 unspecified atom stereocenters. The van der Waals surface area contributed by atoms with Crippen LogP contribution in [0.5, 0.6) is 0 Å². The van der Waals surface area contributed by atoms with E-state index in [4.69, 9.17) is 0 Å². The van der Waals surface area contributed by atoms with Gasteiger partial charge < -0.3 is 0 Å². The van der Waals surface area contributed by atoms with E-state index in [1.165, 1.54) is 32.1 Å².